The van der Waals surface area contributed by atoms with Gasteiger partial charge in [0.15, 0.2) is 5.96 Å². The maximum Gasteiger partial charge on any atom is 0.190 e. The van der Waals surface area contributed by atoms with E-state index in [9.17, 15) is 0 Å². The number of hydrogen-bond donors (Lipinski definition) is 2. The van der Waals surface area contributed by atoms with Gasteiger partial charge >= 0.3 is 0 Å². The predicted octanol–water partition coefficient (Wildman–Crippen LogP) is 2.69. The third-order valence-electron chi connectivity index (χ3n) is 3.44. The molecule has 2 aromatic heterocycles. The Kier molecular flexibility index (Phi) is 9.23. The van der Waals surface area contributed by atoms with Gasteiger partial charge in [0.2, 0.25) is 0 Å². The van der Waals surface area contributed by atoms with E-state index in [1.807, 2.05) is 42.5 Å². The maximum absolute atomic E-state index is 4.27. The number of nitrogens with zero attached hydrogens (tertiary/aromatic N) is 3. The molecule has 128 valence electrons. The van der Waals surface area contributed by atoms with Crippen molar-refractivity contribution < 1.29 is 0 Å². The van der Waals surface area contributed by atoms with Crippen LogP contribution >= 0.6 is 35.3 Å². The van der Waals surface area contributed by atoms with Crippen LogP contribution in [-0.2, 0) is 19.9 Å². The zero-order chi connectivity index (χ0) is 15.8. The van der Waals surface area contributed by atoms with Gasteiger partial charge in [0.25, 0.3) is 0 Å². The number of aryl methyl sites for hydroxylation is 1. The smallest absolute Gasteiger partial charge is 0.190 e. The van der Waals surface area contributed by atoms with Gasteiger partial charge in [-0.05, 0) is 35.8 Å². The summed E-state index contributed by atoms with van der Waals surface area (Å²) in [6.07, 6.45) is 6.00. The summed E-state index contributed by atoms with van der Waals surface area (Å²) in [4.78, 5) is 5.71. The van der Waals surface area contributed by atoms with Crippen LogP contribution in [0.5, 0.6) is 0 Å². The van der Waals surface area contributed by atoms with Crippen LogP contribution in [0.15, 0.2) is 34.9 Å². The molecule has 0 aliphatic rings. The van der Waals surface area contributed by atoms with E-state index < -0.39 is 0 Å². The Bertz CT molecular complexity index is 579. The van der Waals surface area contributed by atoms with Crippen LogP contribution in [0.1, 0.15) is 17.4 Å². The Balaban J connectivity index is 0.00000264. The highest BCUT2D eigenvalue weighted by Crippen LogP contribution is 2.13. The lowest BCUT2D eigenvalue weighted by Crippen LogP contribution is -2.40. The largest absolute Gasteiger partial charge is 0.356 e. The van der Waals surface area contributed by atoms with Gasteiger partial charge in [-0.25, -0.2) is 0 Å². The summed E-state index contributed by atoms with van der Waals surface area (Å²) in [6.45, 7) is 4.03. The van der Waals surface area contributed by atoms with Gasteiger partial charge in [-0.15, -0.1) is 35.3 Å². The molecule has 0 amide bonds. The number of rotatable bonds is 7. The third-order valence-corrected chi connectivity index (χ3v) is 4.33. The fourth-order valence-electron chi connectivity index (χ4n) is 2.26. The summed E-state index contributed by atoms with van der Waals surface area (Å²) in [5.74, 6) is 1.44. The molecule has 0 saturated carbocycles. The minimum absolute atomic E-state index is 0. The van der Waals surface area contributed by atoms with Crippen molar-refractivity contribution in [2.75, 3.05) is 20.1 Å². The van der Waals surface area contributed by atoms with Crippen molar-refractivity contribution in [2.45, 2.75) is 19.8 Å². The average Bonchev–Trinajstić information content (AvgIpc) is 3.14. The van der Waals surface area contributed by atoms with E-state index in [2.05, 4.69) is 45.2 Å². The Morgan fingerprint density at radius 1 is 1.43 bits per heavy atom. The fraction of sp³-hybridized carbons (Fsp3) is 0.500. The van der Waals surface area contributed by atoms with Crippen LogP contribution < -0.4 is 10.6 Å². The SMILES string of the molecule is CN=C(NCCc1cnn(C)c1)NCC(C)Cc1cccs1.I. The Hall–Kier alpha value is -1.09. The molecule has 2 rings (SSSR count). The highest BCUT2D eigenvalue weighted by atomic mass is 127. The molecule has 0 aromatic carbocycles. The molecule has 7 heteroatoms. The second-order valence-corrected chi connectivity index (χ2v) is 6.57. The van der Waals surface area contributed by atoms with E-state index >= 15 is 0 Å². The summed E-state index contributed by atoms with van der Waals surface area (Å²) in [7, 11) is 3.75. The lowest BCUT2D eigenvalue weighted by molar-refractivity contribution is 0.562. The summed E-state index contributed by atoms with van der Waals surface area (Å²) in [5.41, 5.74) is 1.23. The summed E-state index contributed by atoms with van der Waals surface area (Å²) < 4.78 is 1.83. The second kappa shape index (κ2) is 10.6. The van der Waals surface area contributed by atoms with Gasteiger partial charge in [-0.3, -0.25) is 9.67 Å². The zero-order valence-electron chi connectivity index (χ0n) is 14.0. The predicted molar refractivity (Wildman–Crippen MR) is 109 cm³/mol. The molecule has 2 heterocycles. The van der Waals surface area contributed by atoms with E-state index in [1.54, 1.807) is 0 Å². The van der Waals surface area contributed by atoms with Crippen LogP contribution in [0, 0.1) is 5.92 Å². The first-order valence-corrected chi connectivity index (χ1v) is 8.49. The third kappa shape index (κ3) is 7.34. The molecule has 0 aliphatic heterocycles. The molecule has 0 spiro atoms. The summed E-state index contributed by atoms with van der Waals surface area (Å²) in [6, 6.07) is 4.31. The van der Waals surface area contributed by atoms with Crippen molar-refractivity contribution in [3.63, 3.8) is 0 Å². The van der Waals surface area contributed by atoms with Crippen LogP contribution in [0.25, 0.3) is 0 Å². The van der Waals surface area contributed by atoms with Gasteiger partial charge in [-0.1, -0.05) is 13.0 Å². The number of aliphatic imine (C=N–C) groups is 1. The van der Waals surface area contributed by atoms with Gasteiger partial charge in [0, 0.05) is 38.3 Å². The summed E-state index contributed by atoms with van der Waals surface area (Å²) in [5, 5.41) is 13.0. The van der Waals surface area contributed by atoms with Gasteiger partial charge in [0.1, 0.15) is 0 Å². The zero-order valence-corrected chi connectivity index (χ0v) is 17.1. The first-order valence-electron chi connectivity index (χ1n) is 7.62. The summed E-state index contributed by atoms with van der Waals surface area (Å²) >= 11 is 1.82. The van der Waals surface area contributed by atoms with Crippen LogP contribution in [0.3, 0.4) is 0 Å². The lowest BCUT2D eigenvalue weighted by atomic mass is 10.1. The number of hydrogen-bond acceptors (Lipinski definition) is 3. The number of halogens is 1. The molecule has 0 bridgehead atoms. The quantitative estimate of drug-likeness (QED) is 0.390. The first-order chi connectivity index (χ1) is 10.7. The molecule has 0 aliphatic carbocycles. The minimum Gasteiger partial charge on any atom is -0.356 e. The van der Waals surface area contributed by atoms with E-state index in [0.29, 0.717) is 5.92 Å². The van der Waals surface area contributed by atoms with Crippen LogP contribution in [0.2, 0.25) is 0 Å². The highest BCUT2D eigenvalue weighted by Gasteiger charge is 2.06. The highest BCUT2D eigenvalue weighted by molar-refractivity contribution is 14.0. The van der Waals surface area contributed by atoms with E-state index in [4.69, 9.17) is 0 Å². The Morgan fingerprint density at radius 2 is 2.26 bits per heavy atom. The van der Waals surface area contributed by atoms with Crippen molar-refractivity contribution in [1.82, 2.24) is 20.4 Å². The van der Waals surface area contributed by atoms with Crippen molar-refractivity contribution in [1.29, 1.82) is 0 Å². The molecule has 2 N–H and O–H groups in total. The molecule has 5 nitrogen and oxygen atoms in total. The van der Waals surface area contributed by atoms with E-state index in [-0.39, 0.29) is 24.0 Å². The van der Waals surface area contributed by atoms with Crippen LogP contribution in [-0.4, -0.2) is 35.9 Å². The van der Waals surface area contributed by atoms with Crippen molar-refractivity contribution in [3.05, 3.63) is 40.3 Å². The number of guanidine groups is 1. The molecular formula is C16H26IN5S. The van der Waals surface area contributed by atoms with E-state index in [0.717, 1.165) is 31.9 Å². The van der Waals surface area contributed by atoms with Crippen molar-refractivity contribution >= 4 is 41.3 Å². The topological polar surface area (TPSA) is 54.2 Å². The molecule has 0 radical (unpaired) electrons. The van der Waals surface area contributed by atoms with Crippen molar-refractivity contribution in [2.24, 2.45) is 18.0 Å². The van der Waals surface area contributed by atoms with Gasteiger partial charge in [0.05, 0.1) is 6.20 Å². The van der Waals surface area contributed by atoms with Gasteiger partial charge in [-0.2, -0.15) is 5.10 Å². The average molecular weight is 447 g/mol. The fourth-order valence-corrected chi connectivity index (χ4v) is 3.13. The normalized spacial score (nSPS) is 12.6. The molecular weight excluding hydrogens is 421 g/mol. The van der Waals surface area contributed by atoms with Crippen molar-refractivity contribution in [3.8, 4) is 0 Å². The first kappa shape index (κ1) is 20.0. The molecule has 2 aromatic rings. The Labute approximate surface area is 159 Å². The molecule has 1 atom stereocenters. The lowest BCUT2D eigenvalue weighted by Gasteiger charge is -2.15. The number of thiophene rings is 1. The van der Waals surface area contributed by atoms with Crippen LogP contribution in [0.4, 0.5) is 0 Å². The molecule has 0 saturated heterocycles. The number of aromatic nitrogens is 2. The molecule has 23 heavy (non-hydrogen) atoms. The van der Waals surface area contributed by atoms with Gasteiger partial charge < -0.3 is 10.6 Å². The molecule has 1 unspecified atom stereocenters. The minimum atomic E-state index is 0. The maximum atomic E-state index is 4.27. The standard InChI is InChI=1S/C16H25N5S.HI/c1-13(9-15-5-4-8-22-15)10-19-16(17-2)18-7-6-14-11-20-21(3)12-14;/h4-5,8,11-13H,6-7,9-10H2,1-3H3,(H2,17,18,19);1H. The number of nitrogens with one attached hydrogen (secondary N) is 2. The van der Waals surface area contributed by atoms with E-state index in [1.165, 1.54) is 10.4 Å². The second-order valence-electron chi connectivity index (χ2n) is 5.54. The Morgan fingerprint density at radius 3 is 2.87 bits per heavy atom. The monoisotopic (exact) mass is 447 g/mol. The molecule has 0 fully saturated rings.